The van der Waals surface area contributed by atoms with Gasteiger partial charge in [0.15, 0.2) is 0 Å². The van der Waals surface area contributed by atoms with Gasteiger partial charge in [0.25, 0.3) is 0 Å². The maximum atomic E-state index is 12.9. The Bertz CT molecular complexity index is 1450. The number of benzene rings is 3. The molecular formula is C28H24Cl2N2O5. The molecule has 0 bridgehead atoms. The molecule has 0 amide bonds. The molecule has 1 saturated heterocycles. The maximum Gasteiger partial charge on any atom is 0.338 e. The van der Waals surface area contributed by atoms with Crippen LogP contribution in [0.15, 0.2) is 67.0 Å². The number of halogens is 2. The molecule has 3 aromatic carbocycles. The number of ether oxygens (including phenoxy) is 3. The summed E-state index contributed by atoms with van der Waals surface area (Å²) in [6.45, 7) is 3.79. The summed E-state index contributed by atoms with van der Waals surface area (Å²) in [6, 6.07) is 17.6. The first-order valence-corrected chi connectivity index (χ1v) is 12.5. The number of imidazole rings is 1. The fourth-order valence-corrected chi connectivity index (χ4v) is 4.54. The van der Waals surface area contributed by atoms with Crippen molar-refractivity contribution in [1.82, 2.24) is 9.55 Å². The lowest BCUT2D eigenvalue weighted by Gasteiger charge is -2.19. The normalized spacial score (nSPS) is 19.2. The Morgan fingerprint density at radius 2 is 1.54 bits per heavy atom. The number of esters is 2. The van der Waals surface area contributed by atoms with E-state index in [-0.39, 0.29) is 6.61 Å². The van der Waals surface area contributed by atoms with Gasteiger partial charge < -0.3 is 18.8 Å². The number of nitrogens with zero attached hydrogens (tertiary/aromatic N) is 2. The van der Waals surface area contributed by atoms with Crippen LogP contribution in [0.4, 0.5) is 0 Å². The SMILES string of the molecule is Cc1ccc(C(=O)OC[C@H]2O[C@@H](n3cnc4cc(Cl)c(Cl)cc43)C[C@@H]2OC(=O)c2ccc(C)cc2)cc1. The Kier molecular flexibility index (Phi) is 7.20. The van der Waals surface area contributed by atoms with Gasteiger partial charge in [0.05, 0.1) is 38.5 Å². The molecule has 5 rings (SSSR count). The van der Waals surface area contributed by atoms with Gasteiger partial charge in [0, 0.05) is 6.42 Å². The highest BCUT2D eigenvalue weighted by atomic mass is 35.5. The first kappa shape index (κ1) is 25.3. The molecule has 0 radical (unpaired) electrons. The van der Waals surface area contributed by atoms with Gasteiger partial charge in [-0.3, -0.25) is 0 Å². The van der Waals surface area contributed by atoms with E-state index in [0.29, 0.717) is 33.1 Å². The minimum absolute atomic E-state index is 0.0890. The fraction of sp³-hybridized carbons (Fsp3) is 0.250. The summed E-state index contributed by atoms with van der Waals surface area (Å²) in [5.74, 6) is -0.959. The van der Waals surface area contributed by atoms with E-state index < -0.39 is 30.4 Å². The Morgan fingerprint density at radius 1 is 0.946 bits per heavy atom. The second-order valence-corrected chi connectivity index (χ2v) is 9.86. The molecule has 1 fully saturated rings. The second kappa shape index (κ2) is 10.5. The second-order valence-electron chi connectivity index (χ2n) is 9.05. The molecule has 1 aliphatic heterocycles. The summed E-state index contributed by atoms with van der Waals surface area (Å²) in [6.07, 6.45) is 0.0809. The van der Waals surface area contributed by atoms with Crippen LogP contribution in [-0.2, 0) is 14.2 Å². The van der Waals surface area contributed by atoms with Crippen LogP contribution < -0.4 is 0 Å². The zero-order valence-corrected chi connectivity index (χ0v) is 21.7. The van der Waals surface area contributed by atoms with E-state index in [2.05, 4.69) is 4.98 Å². The van der Waals surface area contributed by atoms with Crippen molar-refractivity contribution in [3.8, 4) is 0 Å². The van der Waals surface area contributed by atoms with Gasteiger partial charge in [-0.1, -0.05) is 58.6 Å². The monoisotopic (exact) mass is 538 g/mol. The lowest BCUT2D eigenvalue weighted by Crippen LogP contribution is -2.32. The van der Waals surface area contributed by atoms with Crippen LogP contribution in [0.2, 0.25) is 10.0 Å². The summed E-state index contributed by atoms with van der Waals surface area (Å²) in [5.41, 5.74) is 4.31. The fourth-order valence-electron chi connectivity index (χ4n) is 4.22. The van der Waals surface area contributed by atoms with Crippen molar-refractivity contribution in [3.63, 3.8) is 0 Å². The quantitative estimate of drug-likeness (QED) is 0.267. The molecule has 7 nitrogen and oxygen atoms in total. The van der Waals surface area contributed by atoms with Gasteiger partial charge in [0.1, 0.15) is 25.0 Å². The molecule has 4 aromatic rings. The van der Waals surface area contributed by atoms with Gasteiger partial charge in [-0.15, -0.1) is 0 Å². The third-order valence-corrected chi connectivity index (χ3v) is 7.04. The van der Waals surface area contributed by atoms with E-state index >= 15 is 0 Å². The van der Waals surface area contributed by atoms with Gasteiger partial charge >= 0.3 is 11.9 Å². The molecule has 3 atom stereocenters. The predicted octanol–water partition coefficient (Wildman–Crippen LogP) is 6.33. The predicted molar refractivity (Wildman–Crippen MR) is 140 cm³/mol. The van der Waals surface area contributed by atoms with E-state index in [0.717, 1.165) is 16.6 Å². The van der Waals surface area contributed by atoms with Crippen LogP contribution in [0.3, 0.4) is 0 Å². The Hall–Kier alpha value is -3.39. The zero-order valence-electron chi connectivity index (χ0n) is 20.2. The minimum Gasteiger partial charge on any atom is -0.459 e. The van der Waals surface area contributed by atoms with Gasteiger partial charge in [-0.25, -0.2) is 14.6 Å². The first-order valence-electron chi connectivity index (χ1n) is 11.8. The van der Waals surface area contributed by atoms with Crippen LogP contribution >= 0.6 is 23.2 Å². The van der Waals surface area contributed by atoms with Gasteiger partial charge in [-0.2, -0.15) is 0 Å². The van der Waals surface area contributed by atoms with Crippen molar-refractivity contribution in [3.05, 3.63) is 99.3 Å². The largest absolute Gasteiger partial charge is 0.459 e. The van der Waals surface area contributed by atoms with Crippen LogP contribution in [0.25, 0.3) is 11.0 Å². The summed E-state index contributed by atoms with van der Waals surface area (Å²) in [5, 5.41) is 0.789. The van der Waals surface area contributed by atoms with Gasteiger partial charge in [-0.05, 0) is 50.2 Å². The Balaban J connectivity index is 1.37. The molecule has 0 saturated carbocycles. The smallest absolute Gasteiger partial charge is 0.338 e. The number of hydrogen-bond acceptors (Lipinski definition) is 6. The zero-order chi connectivity index (χ0) is 26.1. The molecule has 0 unspecified atom stereocenters. The standard InChI is InChI=1S/C28H24Cl2N2O5/c1-16-3-7-18(8-4-16)27(33)35-14-25-24(37-28(34)19-9-5-17(2)6-10-19)13-26(36-25)32-15-31-22-11-20(29)21(30)12-23(22)32/h3-12,15,24-26H,13-14H2,1-2H3/t24-,25+,26+/m0/s1. The Labute approximate surface area is 223 Å². The number of rotatable bonds is 6. The molecule has 0 N–H and O–H groups in total. The molecule has 37 heavy (non-hydrogen) atoms. The highest BCUT2D eigenvalue weighted by molar-refractivity contribution is 6.42. The molecule has 1 aliphatic rings. The third kappa shape index (κ3) is 5.49. The highest BCUT2D eigenvalue weighted by Gasteiger charge is 2.40. The lowest BCUT2D eigenvalue weighted by atomic mass is 10.1. The van der Waals surface area contributed by atoms with E-state index in [9.17, 15) is 9.59 Å². The summed E-state index contributed by atoms with van der Waals surface area (Å²) in [4.78, 5) is 29.9. The highest BCUT2D eigenvalue weighted by Crippen LogP contribution is 2.35. The van der Waals surface area contributed by atoms with E-state index in [1.54, 1.807) is 42.7 Å². The topological polar surface area (TPSA) is 79.7 Å². The molecule has 2 heterocycles. The van der Waals surface area contributed by atoms with E-state index in [1.165, 1.54) is 0 Å². The number of hydrogen-bond donors (Lipinski definition) is 0. The van der Waals surface area contributed by atoms with Crippen LogP contribution in [0.1, 0.15) is 44.5 Å². The number of aromatic nitrogens is 2. The average molecular weight is 539 g/mol. The molecule has 0 spiro atoms. The summed E-state index contributed by atoms with van der Waals surface area (Å²) >= 11 is 12.4. The van der Waals surface area contributed by atoms with Crippen molar-refractivity contribution in [2.75, 3.05) is 6.61 Å². The van der Waals surface area contributed by atoms with Crippen LogP contribution in [0, 0.1) is 13.8 Å². The maximum absolute atomic E-state index is 12.9. The summed E-state index contributed by atoms with van der Waals surface area (Å²) in [7, 11) is 0. The average Bonchev–Trinajstić information content (AvgIpc) is 3.47. The molecule has 0 aliphatic carbocycles. The minimum atomic E-state index is -0.686. The third-order valence-electron chi connectivity index (χ3n) is 6.32. The van der Waals surface area contributed by atoms with Crippen molar-refractivity contribution >= 4 is 46.2 Å². The number of aryl methyl sites for hydroxylation is 2. The van der Waals surface area contributed by atoms with Crippen molar-refractivity contribution in [2.45, 2.75) is 38.7 Å². The molecule has 9 heteroatoms. The van der Waals surface area contributed by atoms with Gasteiger partial charge in [0.2, 0.25) is 0 Å². The molecule has 190 valence electrons. The van der Waals surface area contributed by atoms with Crippen LogP contribution in [0.5, 0.6) is 0 Å². The van der Waals surface area contributed by atoms with Crippen molar-refractivity contribution in [1.29, 1.82) is 0 Å². The number of carbonyl (C=O) groups excluding carboxylic acids is 2. The first-order chi connectivity index (χ1) is 17.8. The molecule has 1 aromatic heterocycles. The number of fused-ring (bicyclic) bond motifs is 1. The molecular weight excluding hydrogens is 515 g/mol. The van der Waals surface area contributed by atoms with E-state index in [4.69, 9.17) is 37.4 Å². The Morgan fingerprint density at radius 3 is 2.19 bits per heavy atom. The lowest BCUT2D eigenvalue weighted by molar-refractivity contribution is -0.0562. The van der Waals surface area contributed by atoms with Crippen molar-refractivity contribution in [2.24, 2.45) is 0 Å². The number of carbonyl (C=O) groups is 2. The summed E-state index contributed by atoms with van der Waals surface area (Å²) < 4.78 is 19.5. The van der Waals surface area contributed by atoms with Crippen LogP contribution in [-0.4, -0.2) is 40.3 Å². The van der Waals surface area contributed by atoms with Crippen molar-refractivity contribution < 1.29 is 23.8 Å². The van der Waals surface area contributed by atoms with E-state index in [1.807, 2.05) is 42.7 Å².